The van der Waals surface area contributed by atoms with Crippen molar-refractivity contribution in [3.63, 3.8) is 0 Å². The molecule has 2 aromatic rings. The third-order valence-electron chi connectivity index (χ3n) is 3.05. The molecule has 17 heavy (non-hydrogen) atoms. The quantitative estimate of drug-likeness (QED) is 0.905. The van der Waals surface area contributed by atoms with Crippen molar-refractivity contribution in [2.45, 2.75) is 25.8 Å². The smallest absolute Gasteiger partial charge is 0.325 e. The standard InChI is InChI=1S/C12H12N2O2S/c15-11(16)7-14-9-4-1-3-8(9)12(13-14)10-5-2-6-17-10/h2,5-6H,1,3-4,7H2,(H,15,16). The Morgan fingerprint density at radius 3 is 3.12 bits per heavy atom. The Labute approximate surface area is 103 Å². The number of nitrogens with zero attached hydrogens (tertiary/aromatic N) is 2. The van der Waals surface area contributed by atoms with Crippen LogP contribution in [0.1, 0.15) is 17.7 Å². The zero-order chi connectivity index (χ0) is 11.8. The Balaban J connectivity index is 2.08. The Kier molecular flexibility index (Phi) is 2.48. The van der Waals surface area contributed by atoms with Crippen LogP contribution in [0.4, 0.5) is 0 Å². The molecule has 0 fully saturated rings. The van der Waals surface area contributed by atoms with E-state index in [4.69, 9.17) is 5.11 Å². The molecule has 1 N–H and O–H groups in total. The Hall–Kier alpha value is -1.62. The van der Waals surface area contributed by atoms with Gasteiger partial charge in [-0.05, 0) is 30.7 Å². The Bertz CT molecular complexity index is 557. The summed E-state index contributed by atoms with van der Waals surface area (Å²) in [6.07, 6.45) is 3.06. The molecule has 5 heteroatoms. The molecule has 2 aromatic heterocycles. The lowest BCUT2D eigenvalue weighted by Gasteiger charge is -2.00. The van der Waals surface area contributed by atoms with Crippen LogP contribution >= 0.6 is 11.3 Å². The molecule has 0 spiro atoms. The van der Waals surface area contributed by atoms with Gasteiger partial charge in [0.15, 0.2) is 0 Å². The average molecular weight is 248 g/mol. The van der Waals surface area contributed by atoms with Gasteiger partial charge in [-0.25, -0.2) is 0 Å². The second-order valence-corrected chi connectivity index (χ2v) is 5.10. The summed E-state index contributed by atoms with van der Waals surface area (Å²) in [5.41, 5.74) is 3.33. The van der Waals surface area contributed by atoms with E-state index >= 15 is 0 Å². The molecule has 0 radical (unpaired) electrons. The first-order valence-electron chi connectivity index (χ1n) is 5.60. The predicted octanol–water partition coefficient (Wildman–Crippen LogP) is 2.18. The van der Waals surface area contributed by atoms with Crippen LogP contribution in [-0.4, -0.2) is 20.9 Å². The van der Waals surface area contributed by atoms with Gasteiger partial charge in [0.05, 0.1) is 4.88 Å². The highest BCUT2D eigenvalue weighted by Gasteiger charge is 2.24. The molecule has 0 aromatic carbocycles. The predicted molar refractivity (Wildman–Crippen MR) is 65.2 cm³/mol. The van der Waals surface area contributed by atoms with Gasteiger partial charge in [0.2, 0.25) is 0 Å². The third-order valence-corrected chi connectivity index (χ3v) is 3.92. The first-order valence-corrected chi connectivity index (χ1v) is 6.48. The van der Waals surface area contributed by atoms with Gasteiger partial charge in [0, 0.05) is 11.3 Å². The van der Waals surface area contributed by atoms with Crippen molar-refractivity contribution in [1.29, 1.82) is 0 Å². The number of fused-ring (bicyclic) bond motifs is 1. The van der Waals surface area contributed by atoms with E-state index in [1.165, 1.54) is 5.56 Å². The summed E-state index contributed by atoms with van der Waals surface area (Å²) in [5, 5.41) is 15.4. The maximum atomic E-state index is 10.8. The highest BCUT2D eigenvalue weighted by molar-refractivity contribution is 7.13. The molecule has 0 unspecified atom stereocenters. The molecule has 0 amide bonds. The Morgan fingerprint density at radius 2 is 2.41 bits per heavy atom. The summed E-state index contributed by atoms with van der Waals surface area (Å²) in [4.78, 5) is 11.9. The summed E-state index contributed by atoms with van der Waals surface area (Å²) >= 11 is 1.65. The zero-order valence-electron chi connectivity index (χ0n) is 9.22. The molecular weight excluding hydrogens is 236 g/mol. The molecule has 0 bridgehead atoms. The van der Waals surface area contributed by atoms with E-state index in [2.05, 4.69) is 5.10 Å². The van der Waals surface area contributed by atoms with Gasteiger partial charge in [-0.1, -0.05) is 6.07 Å². The number of carboxylic acids is 1. The number of carbonyl (C=O) groups is 1. The van der Waals surface area contributed by atoms with Crippen LogP contribution in [0.5, 0.6) is 0 Å². The highest BCUT2D eigenvalue weighted by Crippen LogP contribution is 2.34. The minimum absolute atomic E-state index is 0.0340. The van der Waals surface area contributed by atoms with E-state index in [-0.39, 0.29) is 6.54 Å². The maximum Gasteiger partial charge on any atom is 0.325 e. The SMILES string of the molecule is O=C(O)Cn1nc(-c2cccs2)c2c1CCC2. The number of hydrogen-bond donors (Lipinski definition) is 1. The Morgan fingerprint density at radius 1 is 1.53 bits per heavy atom. The minimum Gasteiger partial charge on any atom is -0.480 e. The summed E-state index contributed by atoms with van der Waals surface area (Å²) < 4.78 is 1.65. The first kappa shape index (κ1) is 10.5. The van der Waals surface area contributed by atoms with Crippen LogP contribution in [-0.2, 0) is 24.2 Å². The number of carboxylic acid groups (broad SMARTS) is 1. The van der Waals surface area contributed by atoms with Gasteiger partial charge in [-0.15, -0.1) is 11.3 Å². The third kappa shape index (κ3) is 1.76. The lowest BCUT2D eigenvalue weighted by Crippen LogP contribution is -2.12. The number of aromatic nitrogens is 2. The normalized spacial score (nSPS) is 13.9. The summed E-state index contributed by atoms with van der Waals surface area (Å²) in [6, 6.07) is 4.04. The van der Waals surface area contributed by atoms with Crippen LogP contribution in [0, 0.1) is 0 Å². The van der Waals surface area contributed by atoms with Gasteiger partial charge in [-0.2, -0.15) is 5.10 Å². The topological polar surface area (TPSA) is 55.1 Å². The number of thiophene rings is 1. The molecule has 2 heterocycles. The maximum absolute atomic E-state index is 10.8. The van der Waals surface area contributed by atoms with Crippen LogP contribution in [0.25, 0.3) is 10.6 Å². The first-order chi connectivity index (χ1) is 8.25. The summed E-state index contributed by atoms with van der Waals surface area (Å²) in [5.74, 6) is -0.833. The fraction of sp³-hybridized carbons (Fsp3) is 0.333. The van der Waals surface area contributed by atoms with Gasteiger partial charge >= 0.3 is 5.97 Å². The van der Waals surface area contributed by atoms with Crippen molar-refractivity contribution in [1.82, 2.24) is 9.78 Å². The molecule has 0 saturated carbocycles. The highest BCUT2D eigenvalue weighted by atomic mass is 32.1. The van der Waals surface area contributed by atoms with Crippen molar-refractivity contribution in [3.8, 4) is 10.6 Å². The monoisotopic (exact) mass is 248 g/mol. The van der Waals surface area contributed by atoms with Gasteiger partial charge < -0.3 is 5.11 Å². The zero-order valence-corrected chi connectivity index (χ0v) is 10.0. The molecular formula is C12H12N2O2S. The molecule has 88 valence electrons. The van der Waals surface area contributed by atoms with Gasteiger partial charge in [0.25, 0.3) is 0 Å². The molecule has 0 saturated heterocycles. The largest absolute Gasteiger partial charge is 0.480 e. The van der Waals surface area contributed by atoms with E-state index in [1.54, 1.807) is 16.0 Å². The molecule has 4 nitrogen and oxygen atoms in total. The average Bonchev–Trinajstić information content (AvgIpc) is 2.94. The molecule has 1 aliphatic rings. The van der Waals surface area contributed by atoms with Crippen molar-refractivity contribution in [3.05, 3.63) is 28.8 Å². The minimum atomic E-state index is -0.833. The lowest BCUT2D eigenvalue weighted by atomic mass is 10.2. The van der Waals surface area contributed by atoms with E-state index in [0.29, 0.717) is 0 Å². The van der Waals surface area contributed by atoms with Crippen molar-refractivity contribution in [2.75, 3.05) is 0 Å². The van der Waals surface area contributed by atoms with Crippen LogP contribution in [0.15, 0.2) is 17.5 Å². The van der Waals surface area contributed by atoms with E-state index in [0.717, 1.165) is 35.5 Å². The fourth-order valence-electron chi connectivity index (χ4n) is 2.38. The summed E-state index contributed by atoms with van der Waals surface area (Å²) in [7, 11) is 0. The van der Waals surface area contributed by atoms with Crippen molar-refractivity contribution >= 4 is 17.3 Å². The van der Waals surface area contributed by atoms with Crippen LogP contribution in [0.3, 0.4) is 0 Å². The van der Waals surface area contributed by atoms with Gasteiger partial charge in [0.1, 0.15) is 12.2 Å². The molecule has 3 rings (SSSR count). The van der Waals surface area contributed by atoms with Crippen molar-refractivity contribution < 1.29 is 9.90 Å². The van der Waals surface area contributed by atoms with E-state index in [1.807, 2.05) is 17.5 Å². The number of aliphatic carboxylic acids is 1. The second kappa shape index (κ2) is 4.00. The molecule has 0 atom stereocenters. The van der Waals surface area contributed by atoms with Crippen LogP contribution in [0.2, 0.25) is 0 Å². The van der Waals surface area contributed by atoms with E-state index in [9.17, 15) is 4.79 Å². The number of hydrogen-bond acceptors (Lipinski definition) is 3. The van der Waals surface area contributed by atoms with Crippen LogP contribution < -0.4 is 0 Å². The molecule has 0 aliphatic heterocycles. The number of rotatable bonds is 3. The fourth-order valence-corrected chi connectivity index (χ4v) is 3.12. The lowest BCUT2D eigenvalue weighted by molar-refractivity contribution is -0.137. The van der Waals surface area contributed by atoms with Crippen molar-refractivity contribution in [2.24, 2.45) is 0 Å². The summed E-state index contributed by atoms with van der Waals surface area (Å²) in [6.45, 7) is -0.0340. The second-order valence-electron chi connectivity index (χ2n) is 4.16. The van der Waals surface area contributed by atoms with E-state index < -0.39 is 5.97 Å². The van der Waals surface area contributed by atoms with Gasteiger partial charge in [-0.3, -0.25) is 9.48 Å². The molecule has 1 aliphatic carbocycles.